The van der Waals surface area contributed by atoms with Crippen LogP contribution in [0, 0.1) is 0 Å². The highest BCUT2D eigenvalue weighted by atomic mass is 32.1. The van der Waals surface area contributed by atoms with E-state index in [-0.39, 0.29) is 25.6 Å². The lowest BCUT2D eigenvalue weighted by molar-refractivity contribution is 0.0908. The minimum Gasteiger partial charge on any atom is -0.501 e. The summed E-state index contributed by atoms with van der Waals surface area (Å²) in [5.74, 6) is -1.27. The molecule has 0 fully saturated rings. The summed E-state index contributed by atoms with van der Waals surface area (Å²) < 4.78 is 0. The average molecular weight is 387 g/mol. The summed E-state index contributed by atoms with van der Waals surface area (Å²) >= 11 is 1.35. The number of carbonyl (C=O) groups excluding carboxylic acids is 1. The standard InChI is InChI=1S/C18H17N3O4S.CH4/c22-10-12(9-11-5-2-1-3-6-11)19-17(24)14-15(23)18(25)21-16(20-14)13-7-4-8-26-13;/h1-8,12,22-23H,9-10H2,(H,19,24)(H,20,21,25);1H4/t12-;/m0./s1. The number of aliphatic hydroxyl groups is 1. The number of nitrogens with one attached hydrogen (secondary N) is 2. The van der Waals surface area contributed by atoms with Crippen molar-refractivity contribution in [2.75, 3.05) is 6.61 Å². The Bertz CT molecular complexity index is 939. The van der Waals surface area contributed by atoms with Gasteiger partial charge in [0.2, 0.25) is 5.75 Å². The third-order valence-electron chi connectivity index (χ3n) is 3.75. The van der Waals surface area contributed by atoms with Crippen LogP contribution in [0.2, 0.25) is 0 Å². The summed E-state index contributed by atoms with van der Waals surface area (Å²) in [4.78, 5) is 31.6. The second kappa shape index (κ2) is 9.11. The van der Waals surface area contributed by atoms with Crippen LogP contribution in [0.4, 0.5) is 0 Å². The lowest BCUT2D eigenvalue weighted by Crippen LogP contribution is -2.40. The SMILES string of the molecule is C.O=C(N[C@H](CO)Cc1ccccc1)c1nc(-c2cccs2)[nH]c(=O)c1O. The Balaban J connectivity index is 0.00000261. The van der Waals surface area contributed by atoms with Crippen LogP contribution in [0.1, 0.15) is 23.5 Å². The van der Waals surface area contributed by atoms with Gasteiger partial charge in [0.15, 0.2) is 11.5 Å². The first-order valence-corrected chi connectivity index (χ1v) is 8.79. The molecule has 2 aromatic heterocycles. The van der Waals surface area contributed by atoms with Gasteiger partial charge in [-0.25, -0.2) is 4.98 Å². The number of aliphatic hydroxyl groups excluding tert-OH is 1. The Morgan fingerprint density at radius 1 is 1.22 bits per heavy atom. The molecule has 3 aromatic rings. The first-order valence-electron chi connectivity index (χ1n) is 7.91. The molecule has 0 aliphatic carbocycles. The van der Waals surface area contributed by atoms with Crippen molar-refractivity contribution < 1.29 is 15.0 Å². The van der Waals surface area contributed by atoms with E-state index >= 15 is 0 Å². The first kappa shape index (κ1) is 20.3. The van der Waals surface area contributed by atoms with E-state index in [1.54, 1.807) is 12.1 Å². The molecule has 0 bridgehead atoms. The number of carbonyl (C=O) groups is 1. The van der Waals surface area contributed by atoms with E-state index < -0.39 is 23.3 Å². The Labute approximate surface area is 160 Å². The number of benzene rings is 1. The van der Waals surface area contributed by atoms with E-state index in [9.17, 15) is 19.8 Å². The van der Waals surface area contributed by atoms with Crippen molar-refractivity contribution in [2.45, 2.75) is 19.9 Å². The molecule has 0 radical (unpaired) electrons. The number of hydrogen-bond acceptors (Lipinski definition) is 6. The number of aromatic hydroxyl groups is 1. The van der Waals surface area contributed by atoms with Crippen molar-refractivity contribution in [3.63, 3.8) is 0 Å². The van der Waals surface area contributed by atoms with Gasteiger partial charge in [0.05, 0.1) is 17.5 Å². The second-order valence-electron chi connectivity index (χ2n) is 5.63. The minimum absolute atomic E-state index is 0. The van der Waals surface area contributed by atoms with Crippen molar-refractivity contribution in [2.24, 2.45) is 0 Å². The van der Waals surface area contributed by atoms with Gasteiger partial charge in [-0.15, -0.1) is 11.3 Å². The van der Waals surface area contributed by atoms with Gasteiger partial charge in [0.25, 0.3) is 11.5 Å². The van der Waals surface area contributed by atoms with Gasteiger partial charge in [0, 0.05) is 0 Å². The molecule has 0 aliphatic rings. The lowest BCUT2D eigenvalue weighted by Gasteiger charge is -2.16. The van der Waals surface area contributed by atoms with Crippen molar-refractivity contribution in [1.82, 2.24) is 15.3 Å². The summed E-state index contributed by atoms with van der Waals surface area (Å²) in [6, 6.07) is 12.3. The first-order chi connectivity index (χ1) is 12.6. The quantitative estimate of drug-likeness (QED) is 0.517. The predicted octanol–water partition coefficient (Wildman–Crippen LogP) is 2.17. The second-order valence-corrected chi connectivity index (χ2v) is 6.58. The molecule has 0 spiro atoms. The molecule has 7 nitrogen and oxygen atoms in total. The summed E-state index contributed by atoms with van der Waals surface area (Å²) in [5.41, 5.74) is -0.227. The number of amides is 1. The average Bonchev–Trinajstić information content (AvgIpc) is 3.18. The number of nitrogens with zero attached hydrogens (tertiary/aromatic N) is 1. The molecule has 4 N–H and O–H groups in total. The van der Waals surface area contributed by atoms with Gasteiger partial charge in [-0.3, -0.25) is 9.59 Å². The molecule has 3 rings (SSSR count). The third kappa shape index (κ3) is 4.81. The summed E-state index contributed by atoms with van der Waals surface area (Å²) in [6.45, 7) is -0.289. The van der Waals surface area contributed by atoms with Crippen molar-refractivity contribution in [3.05, 3.63) is 69.5 Å². The largest absolute Gasteiger partial charge is 0.501 e. The molecule has 1 amide bonds. The van der Waals surface area contributed by atoms with Crippen LogP contribution in [0.15, 0.2) is 52.6 Å². The Hall–Kier alpha value is -2.97. The van der Waals surface area contributed by atoms with Gasteiger partial charge in [-0.2, -0.15) is 0 Å². The van der Waals surface area contributed by atoms with Gasteiger partial charge in [0.1, 0.15) is 0 Å². The molecule has 142 valence electrons. The zero-order chi connectivity index (χ0) is 18.5. The highest BCUT2D eigenvalue weighted by Crippen LogP contribution is 2.21. The molecule has 0 saturated heterocycles. The maximum atomic E-state index is 12.5. The maximum Gasteiger partial charge on any atom is 0.294 e. The van der Waals surface area contributed by atoms with Crippen molar-refractivity contribution in [1.29, 1.82) is 0 Å². The summed E-state index contributed by atoms with van der Waals surface area (Å²) in [6.07, 6.45) is 0.408. The Morgan fingerprint density at radius 2 is 1.96 bits per heavy atom. The van der Waals surface area contributed by atoms with Crippen LogP contribution in [-0.4, -0.2) is 38.7 Å². The number of rotatable bonds is 6. The van der Waals surface area contributed by atoms with E-state index in [2.05, 4.69) is 15.3 Å². The number of H-pyrrole nitrogens is 1. The van der Waals surface area contributed by atoms with Crippen molar-refractivity contribution >= 4 is 17.2 Å². The smallest absolute Gasteiger partial charge is 0.294 e. The molecular formula is C19H21N3O4S. The zero-order valence-electron chi connectivity index (χ0n) is 13.7. The fourth-order valence-corrected chi connectivity index (χ4v) is 3.14. The van der Waals surface area contributed by atoms with Crippen LogP contribution in [-0.2, 0) is 6.42 Å². The molecule has 0 saturated carbocycles. The molecule has 2 heterocycles. The molecule has 1 aromatic carbocycles. The summed E-state index contributed by atoms with van der Waals surface area (Å²) in [5, 5.41) is 23.9. The summed E-state index contributed by atoms with van der Waals surface area (Å²) in [7, 11) is 0. The molecule has 1 atom stereocenters. The van der Waals surface area contributed by atoms with Gasteiger partial charge >= 0.3 is 0 Å². The molecule has 8 heteroatoms. The minimum atomic E-state index is -0.794. The van der Waals surface area contributed by atoms with Crippen LogP contribution in [0.25, 0.3) is 10.7 Å². The Morgan fingerprint density at radius 3 is 2.59 bits per heavy atom. The van der Waals surface area contributed by atoms with Crippen LogP contribution < -0.4 is 10.9 Å². The topological polar surface area (TPSA) is 115 Å². The predicted molar refractivity (Wildman–Crippen MR) is 105 cm³/mol. The Kier molecular flexibility index (Phi) is 6.86. The number of aromatic amines is 1. The fraction of sp³-hybridized carbons (Fsp3) is 0.211. The van der Waals surface area contributed by atoms with Gasteiger partial charge < -0.3 is 20.5 Å². The van der Waals surface area contributed by atoms with Crippen LogP contribution >= 0.6 is 11.3 Å². The van der Waals surface area contributed by atoms with Crippen LogP contribution in [0.5, 0.6) is 5.75 Å². The van der Waals surface area contributed by atoms with E-state index in [0.717, 1.165) is 5.56 Å². The number of aromatic nitrogens is 2. The highest BCUT2D eigenvalue weighted by molar-refractivity contribution is 7.13. The van der Waals surface area contributed by atoms with E-state index in [0.29, 0.717) is 11.3 Å². The van der Waals surface area contributed by atoms with E-state index in [1.807, 2.05) is 35.7 Å². The van der Waals surface area contributed by atoms with Gasteiger partial charge in [-0.05, 0) is 23.4 Å². The fourth-order valence-electron chi connectivity index (χ4n) is 2.47. The normalized spacial score (nSPS) is 11.4. The number of thiophene rings is 1. The highest BCUT2D eigenvalue weighted by Gasteiger charge is 2.21. The van der Waals surface area contributed by atoms with Gasteiger partial charge in [-0.1, -0.05) is 43.8 Å². The number of hydrogen-bond donors (Lipinski definition) is 4. The maximum absolute atomic E-state index is 12.5. The van der Waals surface area contributed by atoms with Crippen LogP contribution in [0.3, 0.4) is 0 Å². The molecule has 0 aliphatic heterocycles. The molecule has 27 heavy (non-hydrogen) atoms. The van der Waals surface area contributed by atoms with E-state index in [1.165, 1.54) is 11.3 Å². The third-order valence-corrected chi connectivity index (χ3v) is 4.62. The zero-order valence-corrected chi connectivity index (χ0v) is 14.5. The lowest BCUT2D eigenvalue weighted by atomic mass is 10.1. The molecular weight excluding hydrogens is 366 g/mol. The monoisotopic (exact) mass is 387 g/mol. The van der Waals surface area contributed by atoms with Crippen molar-refractivity contribution in [3.8, 4) is 16.5 Å². The molecule has 0 unspecified atom stereocenters. The van der Waals surface area contributed by atoms with E-state index in [4.69, 9.17) is 0 Å².